The predicted octanol–water partition coefficient (Wildman–Crippen LogP) is 4.39. The molecule has 3 aromatic heterocycles. The zero-order valence-corrected chi connectivity index (χ0v) is 20.0. The number of hydrogen-bond donors (Lipinski definition) is 0. The molecule has 0 unspecified atom stereocenters. The summed E-state index contributed by atoms with van der Waals surface area (Å²) in [4.78, 5) is 25.2. The van der Waals surface area contributed by atoms with E-state index in [4.69, 9.17) is 11.6 Å². The molecule has 11 heteroatoms. The Hall–Kier alpha value is -2.88. The van der Waals surface area contributed by atoms with Crippen molar-refractivity contribution in [3.63, 3.8) is 0 Å². The molecule has 4 heterocycles. The third kappa shape index (κ3) is 4.96. The highest BCUT2D eigenvalue weighted by atomic mass is 35.5. The summed E-state index contributed by atoms with van der Waals surface area (Å²) in [6.07, 6.45) is -2.13. The Kier molecular flexibility index (Phi) is 6.71. The zero-order valence-electron chi connectivity index (χ0n) is 19.3. The number of aryl methyl sites for hydroxylation is 3. The van der Waals surface area contributed by atoms with Crippen molar-refractivity contribution in [3.05, 3.63) is 51.6 Å². The Labute approximate surface area is 200 Å². The van der Waals surface area contributed by atoms with Crippen molar-refractivity contribution in [2.75, 3.05) is 31.1 Å². The Morgan fingerprint density at radius 1 is 1.12 bits per heavy atom. The van der Waals surface area contributed by atoms with Gasteiger partial charge in [-0.05, 0) is 45.2 Å². The van der Waals surface area contributed by atoms with Gasteiger partial charge in [0.1, 0.15) is 5.82 Å². The highest BCUT2D eigenvalue weighted by molar-refractivity contribution is 6.33. The first kappa shape index (κ1) is 24.3. The number of carbonyl (C=O) groups excluding carboxylic acids is 1. The number of fused-ring (bicyclic) bond motifs is 1. The minimum atomic E-state index is -4.50. The molecule has 0 bridgehead atoms. The van der Waals surface area contributed by atoms with Gasteiger partial charge >= 0.3 is 6.18 Å². The smallest absolute Gasteiger partial charge is 0.354 e. The molecule has 1 saturated heterocycles. The molecule has 0 atom stereocenters. The Morgan fingerprint density at radius 2 is 1.88 bits per heavy atom. The van der Waals surface area contributed by atoms with Crippen molar-refractivity contribution in [1.29, 1.82) is 0 Å². The largest absolute Gasteiger partial charge is 0.417 e. The van der Waals surface area contributed by atoms with E-state index in [0.29, 0.717) is 51.3 Å². The average Bonchev–Trinajstić information content (AvgIpc) is 2.97. The van der Waals surface area contributed by atoms with Gasteiger partial charge < -0.3 is 9.80 Å². The van der Waals surface area contributed by atoms with Crippen molar-refractivity contribution >= 4 is 29.0 Å². The lowest BCUT2D eigenvalue weighted by molar-refractivity contribution is -0.137. The fraction of sp³-hybridized carbons (Fsp3) is 0.478. The summed E-state index contributed by atoms with van der Waals surface area (Å²) in [6, 6.07) is 2.82. The van der Waals surface area contributed by atoms with Crippen molar-refractivity contribution < 1.29 is 18.0 Å². The van der Waals surface area contributed by atoms with Crippen LogP contribution in [0.4, 0.5) is 19.0 Å². The van der Waals surface area contributed by atoms with Gasteiger partial charge in [-0.3, -0.25) is 4.79 Å². The molecule has 1 aliphatic rings. The third-order valence-corrected chi connectivity index (χ3v) is 6.45. The Bertz CT molecular complexity index is 1230. The van der Waals surface area contributed by atoms with Gasteiger partial charge in [0.25, 0.3) is 0 Å². The molecule has 1 fully saturated rings. The molecule has 34 heavy (non-hydrogen) atoms. The average molecular weight is 495 g/mol. The number of alkyl halides is 3. The van der Waals surface area contributed by atoms with Crippen molar-refractivity contribution in [1.82, 2.24) is 24.5 Å². The number of anilines is 1. The molecule has 0 spiro atoms. The molecular weight excluding hydrogens is 469 g/mol. The summed E-state index contributed by atoms with van der Waals surface area (Å²) < 4.78 is 40.5. The minimum absolute atomic E-state index is 0.0314. The molecule has 0 radical (unpaired) electrons. The Balaban J connectivity index is 1.40. The molecule has 0 saturated carbocycles. The van der Waals surface area contributed by atoms with Crippen LogP contribution in [-0.2, 0) is 17.4 Å². The van der Waals surface area contributed by atoms with E-state index in [2.05, 4.69) is 15.1 Å². The van der Waals surface area contributed by atoms with Gasteiger partial charge in [-0.1, -0.05) is 11.6 Å². The lowest BCUT2D eigenvalue weighted by atomic mass is 10.1. The summed E-state index contributed by atoms with van der Waals surface area (Å²) >= 11 is 6.11. The van der Waals surface area contributed by atoms with Crippen LogP contribution in [0.1, 0.15) is 41.1 Å². The van der Waals surface area contributed by atoms with Gasteiger partial charge in [0, 0.05) is 56.3 Å². The second-order valence-electron chi connectivity index (χ2n) is 8.57. The monoisotopic (exact) mass is 494 g/mol. The summed E-state index contributed by atoms with van der Waals surface area (Å²) in [5.41, 5.74) is 3.69. The maximum absolute atomic E-state index is 13.0. The van der Waals surface area contributed by atoms with E-state index in [1.807, 2.05) is 36.3 Å². The van der Waals surface area contributed by atoms with Crippen LogP contribution >= 0.6 is 11.6 Å². The van der Waals surface area contributed by atoms with Crippen LogP contribution in [0.5, 0.6) is 0 Å². The Morgan fingerprint density at radius 3 is 2.59 bits per heavy atom. The number of rotatable bonds is 4. The standard InChI is InChI=1S/C23H26ClF3N6O/c1-14-11-20-29-15(2)18(16(3)33(20)30-14)5-6-21(34)31-7-4-8-32(10-9-31)22-19(24)12-17(13-28-22)23(25,26)27/h11-13H,4-10H2,1-3H3. The number of carbonyl (C=O) groups is 1. The van der Waals surface area contributed by atoms with Gasteiger partial charge in [0.15, 0.2) is 5.65 Å². The predicted molar refractivity (Wildman–Crippen MR) is 123 cm³/mol. The summed E-state index contributed by atoms with van der Waals surface area (Å²) in [5.74, 6) is 0.341. The van der Waals surface area contributed by atoms with Crippen LogP contribution in [0, 0.1) is 20.8 Å². The van der Waals surface area contributed by atoms with Crippen LogP contribution in [0.15, 0.2) is 18.3 Å². The summed E-state index contributed by atoms with van der Waals surface area (Å²) in [6.45, 7) is 7.87. The topological polar surface area (TPSA) is 66.6 Å². The normalized spacial score (nSPS) is 15.1. The van der Waals surface area contributed by atoms with E-state index >= 15 is 0 Å². The van der Waals surface area contributed by atoms with E-state index in [9.17, 15) is 18.0 Å². The first-order chi connectivity index (χ1) is 16.0. The van der Waals surface area contributed by atoms with Crippen LogP contribution in [0.2, 0.25) is 5.02 Å². The number of halogens is 4. The maximum atomic E-state index is 13.0. The van der Waals surface area contributed by atoms with Crippen LogP contribution in [-0.4, -0.2) is 56.6 Å². The quantitative estimate of drug-likeness (QED) is 0.538. The summed E-state index contributed by atoms with van der Waals surface area (Å²) in [7, 11) is 0. The van der Waals surface area contributed by atoms with E-state index in [1.165, 1.54) is 0 Å². The molecule has 4 rings (SSSR count). The number of pyridine rings is 1. The second-order valence-corrected chi connectivity index (χ2v) is 8.97. The highest BCUT2D eigenvalue weighted by Crippen LogP contribution is 2.33. The number of amides is 1. The molecule has 1 amide bonds. The van der Waals surface area contributed by atoms with Crippen molar-refractivity contribution in [2.24, 2.45) is 0 Å². The van der Waals surface area contributed by atoms with Crippen LogP contribution in [0.25, 0.3) is 5.65 Å². The lowest BCUT2D eigenvalue weighted by Gasteiger charge is -2.24. The van der Waals surface area contributed by atoms with Gasteiger partial charge in [-0.15, -0.1) is 0 Å². The van der Waals surface area contributed by atoms with Gasteiger partial charge in [-0.2, -0.15) is 18.3 Å². The second kappa shape index (κ2) is 9.40. The fourth-order valence-corrected chi connectivity index (χ4v) is 4.68. The minimum Gasteiger partial charge on any atom is -0.354 e. The molecule has 182 valence electrons. The first-order valence-electron chi connectivity index (χ1n) is 11.1. The first-order valence-corrected chi connectivity index (χ1v) is 11.5. The van der Waals surface area contributed by atoms with E-state index in [-0.39, 0.29) is 10.9 Å². The molecule has 1 aliphatic heterocycles. The van der Waals surface area contributed by atoms with E-state index < -0.39 is 11.7 Å². The van der Waals surface area contributed by atoms with Gasteiger partial charge in [-0.25, -0.2) is 14.5 Å². The summed E-state index contributed by atoms with van der Waals surface area (Å²) in [5, 5.41) is 4.44. The van der Waals surface area contributed by atoms with Crippen LogP contribution < -0.4 is 4.90 Å². The molecular formula is C23H26ClF3N6O. The van der Waals surface area contributed by atoms with Crippen molar-refractivity contribution in [2.45, 2.75) is 46.2 Å². The maximum Gasteiger partial charge on any atom is 0.417 e. The zero-order chi connectivity index (χ0) is 24.6. The number of nitrogens with zero attached hydrogens (tertiary/aromatic N) is 6. The van der Waals surface area contributed by atoms with Gasteiger partial charge in [0.05, 0.1) is 16.3 Å². The third-order valence-electron chi connectivity index (χ3n) is 6.17. The molecule has 0 aromatic carbocycles. The number of hydrogen-bond acceptors (Lipinski definition) is 5. The highest BCUT2D eigenvalue weighted by Gasteiger charge is 2.32. The SMILES string of the molecule is Cc1cc2nc(C)c(CCC(=O)N3CCCN(c4ncc(C(F)(F)F)cc4Cl)CC3)c(C)n2n1. The van der Waals surface area contributed by atoms with Gasteiger partial charge in [0.2, 0.25) is 5.91 Å². The van der Waals surface area contributed by atoms with Crippen molar-refractivity contribution in [3.8, 4) is 0 Å². The molecule has 3 aromatic rings. The van der Waals surface area contributed by atoms with E-state index in [0.717, 1.165) is 40.6 Å². The number of aromatic nitrogens is 4. The fourth-order valence-electron chi connectivity index (χ4n) is 4.39. The molecule has 0 aliphatic carbocycles. The molecule has 7 nitrogen and oxygen atoms in total. The molecule has 0 N–H and O–H groups in total. The van der Waals surface area contributed by atoms with Crippen LogP contribution in [0.3, 0.4) is 0 Å². The van der Waals surface area contributed by atoms with E-state index in [1.54, 1.807) is 4.90 Å². The lowest BCUT2D eigenvalue weighted by Crippen LogP contribution is -2.35.